The van der Waals surface area contributed by atoms with E-state index in [4.69, 9.17) is 9.47 Å². The van der Waals surface area contributed by atoms with E-state index in [0.29, 0.717) is 29.5 Å². The molecule has 0 saturated heterocycles. The molecule has 1 aromatic carbocycles. The molecule has 2 heterocycles. The van der Waals surface area contributed by atoms with Gasteiger partial charge in [0, 0.05) is 17.1 Å². The van der Waals surface area contributed by atoms with Crippen molar-refractivity contribution in [3.63, 3.8) is 0 Å². The maximum absolute atomic E-state index is 12.4. The number of thiazole rings is 1. The van der Waals surface area contributed by atoms with Gasteiger partial charge in [0.05, 0.1) is 18.3 Å². The van der Waals surface area contributed by atoms with Gasteiger partial charge in [0.15, 0.2) is 11.5 Å². The predicted molar refractivity (Wildman–Crippen MR) is 96.4 cm³/mol. The Morgan fingerprint density at radius 2 is 2.08 bits per heavy atom. The average Bonchev–Trinajstić information content (AvgIpc) is 3.13. The quantitative estimate of drug-likeness (QED) is 0.730. The first-order chi connectivity index (χ1) is 12.2. The van der Waals surface area contributed by atoms with E-state index in [-0.39, 0.29) is 5.91 Å². The van der Waals surface area contributed by atoms with Crippen LogP contribution >= 0.6 is 11.3 Å². The van der Waals surface area contributed by atoms with E-state index < -0.39 is 0 Å². The van der Waals surface area contributed by atoms with Crippen LogP contribution in [0.5, 0.6) is 11.5 Å². The molecule has 0 aliphatic rings. The van der Waals surface area contributed by atoms with Crippen LogP contribution in [-0.2, 0) is 6.61 Å². The van der Waals surface area contributed by atoms with Crippen molar-refractivity contribution < 1.29 is 14.3 Å². The molecule has 0 bridgehead atoms. The molecule has 7 heteroatoms. The molecular formula is C18H17N3O3S. The molecule has 1 N–H and O–H groups in total. The number of anilines is 1. The van der Waals surface area contributed by atoms with E-state index in [2.05, 4.69) is 15.3 Å². The highest BCUT2D eigenvalue weighted by atomic mass is 32.1. The summed E-state index contributed by atoms with van der Waals surface area (Å²) in [5.74, 6) is 1.29. The van der Waals surface area contributed by atoms with Gasteiger partial charge in [0.2, 0.25) is 0 Å². The number of amides is 1. The molecule has 0 radical (unpaired) electrons. The van der Waals surface area contributed by atoms with Crippen molar-refractivity contribution in [2.45, 2.75) is 13.5 Å². The zero-order chi connectivity index (χ0) is 17.6. The Morgan fingerprint density at radius 1 is 1.20 bits per heavy atom. The fraction of sp³-hybridized carbons (Fsp3) is 0.167. The van der Waals surface area contributed by atoms with E-state index >= 15 is 0 Å². The van der Waals surface area contributed by atoms with Gasteiger partial charge in [-0.1, -0.05) is 0 Å². The van der Waals surface area contributed by atoms with E-state index in [1.54, 1.807) is 36.0 Å². The second kappa shape index (κ2) is 7.76. The Kier molecular flexibility index (Phi) is 5.25. The lowest BCUT2D eigenvalue weighted by molar-refractivity contribution is 0.102. The molecule has 0 aliphatic heterocycles. The van der Waals surface area contributed by atoms with Crippen LogP contribution in [0.25, 0.3) is 0 Å². The zero-order valence-corrected chi connectivity index (χ0v) is 14.7. The summed E-state index contributed by atoms with van der Waals surface area (Å²) in [5, 5.41) is 4.69. The molecule has 0 atom stereocenters. The first-order valence-electron chi connectivity index (χ1n) is 7.57. The van der Waals surface area contributed by atoms with Gasteiger partial charge in [-0.2, -0.15) is 0 Å². The highest BCUT2D eigenvalue weighted by Crippen LogP contribution is 2.29. The first kappa shape index (κ1) is 16.9. The van der Waals surface area contributed by atoms with Crippen LogP contribution in [0.2, 0.25) is 0 Å². The molecular weight excluding hydrogens is 338 g/mol. The third-order valence-electron chi connectivity index (χ3n) is 3.44. The number of benzene rings is 1. The summed E-state index contributed by atoms with van der Waals surface area (Å²) in [7, 11) is 1.54. The first-order valence-corrected chi connectivity index (χ1v) is 8.52. The maximum Gasteiger partial charge on any atom is 0.256 e. The monoisotopic (exact) mass is 355 g/mol. The summed E-state index contributed by atoms with van der Waals surface area (Å²) in [5.41, 5.74) is 4.08. The van der Waals surface area contributed by atoms with Crippen molar-refractivity contribution >= 4 is 23.1 Å². The third-order valence-corrected chi connectivity index (χ3v) is 4.08. The van der Waals surface area contributed by atoms with Crippen LogP contribution in [0, 0.1) is 6.92 Å². The number of hydrogen-bond acceptors (Lipinski definition) is 6. The van der Waals surface area contributed by atoms with Gasteiger partial charge in [0.1, 0.15) is 12.4 Å². The Hall–Kier alpha value is -2.93. The van der Waals surface area contributed by atoms with E-state index in [1.807, 2.05) is 18.4 Å². The molecule has 25 heavy (non-hydrogen) atoms. The average molecular weight is 355 g/mol. The highest BCUT2D eigenvalue weighted by molar-refractivity contribution is 7.07. The topological polar surface area (TPSA) is 73.3 Å². The lowest BCUT2D eigenvalue weighted by atomic mass is 10.2. The highest BCUT2D eigenvalue weighted by Gasteiger charge is 2.12. The number of hydrogen-bond donors (Lipinski definition) is 1. The summed E-state index contributed by atoms with van der Waals surface area (Å²) in [6.07, 6.45) is 1.65. The Balaban J connectivity index is 1.72. The van der Waals surface area contributed by atoms with Crippen molar-refractivity contribution in [1.82, 2.24) is 9.97 Å². The number of nitrogens with one attached hydrogen (secondary N) is 1. The number of methoxy groups -OCH3 is 1. The summed E-state index contributed by atoms with van der Waals surface area (Å²) in [6.45, 7) is 2.29. The van der Waals surface area contributed by atoms with Gasteiger partial charge < -0.3 is 14.8 Å². The van der Waals surface area contributed by atoms with E-state index in [9.17, 15) is 4.79 Å². The van der Waals surface area contributed by atoms with Gasteiger partial charge in [0.25, 0.3) is 5.91 Å². The lowest BCUT2D eigenvalue weighted by Gasteiger charge is -2.11. The van der Waals surface area contributed by atoms with Crippen LogP contribution in [0.15, 0.2) is 47.4 Å². The van der Waals surface area contributed by atoms with Crippen LogP contribution in [0.4, 0.5) is 5.82 Å². The summed E-state index contributed by atoms with van der Waals surface area (Å²) in [6, 6.07) is 8.71. The van der Waals surface area contributed by atoms with Gasteiger partial charge >= 0.3 is 0 Å². The molecule has 0 unspecified atom stereocenters. The van der Waals surface area contributed by atoms with Crippen molar-refractivity contribution in [2.75, 3.05) is 12.4 Å². The molecule has 6 nitrogen and oxygen atoms in total. The number of carbonyl (C=O) groups is 1. The van der Waals surface area contributed by atoms with Gasteiger partial charge in [-0.3, -0.25) is 4.79 Å². The van der Waals surface area contributed by atoms with E-state index in [1.165, 1.54) is 18.4 Å². The fourth-order valence-corrected chi connectivity index (χ4v) is 2.72. The second-order valence-electron chi connectivity index (χ2n) is 5.31. The molecule has 1 amide bonds. The van der Waals surface area contributed by atoms with Crippen molar-refractivity contribution in [1.29, 1.82) is 0 Å². The minimum absolute atomic E-state index is 0.262. The van der Waals surface area contributed by atoms with Crippen LogP contribution in [0.1, 0.15) is 21.6 Å². The summed E-state index contributed by atoms with van der Waals surface area (Å²) in [4.78, 5) is 20.7. The molecule has 0 fully saturated rings. The molecule has 3 rings (SSSR count). The predicted octanol–water partition coefficient (Wildman–Crippen LogP) is 3.69. The molecule has 0 spiro atoms. The van der Waals surface area contributed by atoms with Gasteiger partial charge in [-0.25, -0.2) is 9.97 Å². The van der Waals surface area contributed by atoms with E-state index in [0.717, 1.165) is 11.3 Å². The number of carbonyl (C=O) groups excluding carboxylic acids is 1. The lowest BCUT2D eigenvalue weighted by Crippen LogP contribution is -2.13. The van der Waals surface area contributed by atoms with Gasteiger partial charge in [-0.05, 0) is 42.8 Å². The molecule has 3 aromatic rings. The SMILES string of the molecule is COc1cc(C(=O)Nc2cc(C)ccn2)ccc1OCc1cscn1. The number of nitrogens with zero attached hydrogens (tertiary/aromatic N) is 2. The molecule has 2 aromatic heterocycles. The number of pyridine rings is 1. The standard InChI is InChI=1S/C18H17N3O3S/c1-12-5-6-19-17(7-12)21-18(22)13-3-4-15(16(8-13)23-2)24-9-14-10-25-11-20-14/h3-8,10-11H,9H2,1-2H3,(H,19,21,22). The smallest absolute Gasteiger partial charge is 0.256 e. The number of aryl methyl sites for hydroxylation is 1. The van der Waals surface area contributed by atoms with Crippen molar-refractivity contribution in [3.8, 4) is 11.5 Å². The molecule has 0 saturated carbocycles. The summed E-state index contributed by atoms with van der Waals surface area (Å²) >= 11 is 1.51. The minimum Gasteiger partial charge on any atom is -0.493 e. The number of ether oxygens (including phenoxy) is 2. The van der Waals surface area contributed by atoms with Crippen molar-refractivity contribution in [2.24, 2.45) is 0 Å². The number of aromatic nitrogens is 2. The van der Waals surface area contributed by atoms with Gasteiger partial charge in [-0.15, -0.1) is 11.3 Å². The Labute approximate surface area is 149 Å². The fourth-order valence-electron chi connectivity index (χ4n) is 2.18. The molecule has 128 valence electrons. The molecule has 0 aliphatic carbocycles. The van der Waals surface area contributed by atoms with Crippen LogP contribution < -0.4 is 14.8 Å². The maximum atomic E-state index is 12.4. The normalized spacial score (nSPS) is 10.3. The zero-order valence-electron chi connectivity index (χ0n) is 13.9. The Morgan fingerprint density at radius 3 is 2.80 bits per heavy atom. The second-order valence-corrected chi connectivity index (χ2v) is 6.03. The largest absolute Gasteiger partial charge is 0.493 e. The Bertz CT molecular complexity index is 866. The van der Waals surface area contributed by atoms with Crippen molar-refractivity contribution in [3.05, 3.63) is 64.2 Å². The minimum atomic E-state index is -0.262. The van der Waals surface area contributed by atoms with Crippen LogP contribution in [-0.4, -0.2) is 23.0 Å². The third kappa shape index (κ3) is 4.33. The summed E-state index contributed by atoms with van der Waals surface area (Å²) < 4.78 is 11.1. The number of rotatable bonds is 6. The van der Waals surface area contributed by atoms with Crippen LogP contribution in [0.3, 0.4) is 0 Å².